The first-order chi connectivity index (χ1) is 26.2. The van der Waals surface area contributed by atoms with Gasteiger partial charge in [-0.2, -0.15) is 0 Å². The summed E-state index contributed by atoms with van der Waals surface area (Å²) < 4.78 is 23.9. The van der Waals surface area contributed by atoms with Gasteiger partial charge in [-0.05, 0) is 109 Å². The molecule has 2 saturated heterocycles. The predicted octanol–water partition coefficient (Wildman–Crippen LogP) is 0.810. The van der Waals surface area contributed by atoms with E-state index in [0.717, 1.165) is 32.1 Å². The lowest BCUT2D eigenvalue weighted by Gasteiger charge is -2.64. The molecule has 56 heavy (non-hydrogen) atoms. The Hall–Kier alpha value is -0.560. The second kappa shape index (κ2) is 15.1. The highest BCUT2D eigenvalue weighted by Crippen LogP contribution is 2.89. The summed E-state index contributed by atoms with van der Waals surface area (Å²) in [5, 5.41) is 108. The zero-order chi connectivity index (χ0) is 41.1. The average Bonchev–Trinajstić information content (AvgIpc) is 3.78. The molecule has 22 atom stereocenters. The van der Waals surface area contributed by atoms with Gasteiger partial charge in [0, 0.05) is 5.41 Å². The van der Waals surface area contributed by atoms with Crippen LogP contribution < -0.4 is 0 Å². The molecule has 2 aliphatic heterocycles. The summed E-state index contributed by atoms with van der Waals surface area (Å²) in [6.45, 7) is 14.0. The SMILES string of the molecule is CC(C)C(O)CCC(C)C1C(O)CC2(C)C3CCC4C(C)(C)C(O[C@@H]5O[C@H](CO)[C@@H](O)[C@H](O[C@@H]6O[C@H](CO)[C@@H](O)[C@@H](O)[C@H]6O)[C@H]5O)CCC45CC35C(O)CC12C. The van der Waals surface area contributed by atoms with Gasteiger partial charge >= 0.3 is 0 Å². The summed E-state index contributed by atoms with van der Waals surface area (Å²) in [5.74, 6) is 0.849. The quantitative estimate of drug-likeness (QED) is 0.130. The molecule has 5 aliphatic carbocycles. The fourth-order valence-electron chi connectivity index (χ4n) is 14.5. The lowest BCUT2D eigenvalue weighted by molar-refractivity contribution is -0.368. The van der Waals surface area contributed by atoms with Crippen LogP contribution in [-0.2, 0) is 18.9 Å². The van der Waals surface area contributed by atoms with Gasteiger partial charge in [-0.25, -0.2) is 0 Å². The molecule has 324 valence electrons. The maximum Gasteiger partial charge on any atom is 0.187 e. The van der Waals surface area contributed by atoms with Crippen molar-refractivity contribution in [2.75, 3.05) is 13.2 Å². The van der Waals surface area contributed by atoms with Crippen LogP contribution in [0.4, 0.5) is 0 Å². The molecule has 5 saturated carbocycles. The van der Waals surface area contributed by atoms with Crippen molar-refractivity contribution in [3.63, 3.8) is 0 Å². The number of ether oxygens (including phenoxy) is 4. The zero-order valence-electron chi connectivity index (χ0n) is 34.4. The third kappa shape index (κ3) is 6.24. The molecule has 10 N–H and O–H groups in total. The monoisotopic (exact) mass is 800 g/mol. The number of aliphatic hydroxyl groups is 10. The Bertz CT molecular complexity index is 1400. The zero-order valence-corrected chi connectivity index (χ0v) is 34.4. The van der Waals surface area contributed by atoms with E-state index in [1.807, 2.05) is 13.8 Å². The molecule has 2 heterocycles. The third-order valence-electron chi connectivity index (χ3n) is 17.7. The van der Waals surface area contributed by atoms with Gasteiger partial charge in [0.1, 0.15) is 48.8 Å². The number of rotatable bonds is 11. The van der Waals surface area contributed by atoms with Crippen molar-refractivity contribution < 1.29 is 70.0 Å². The highest BCUT2D eigenvalue weighted by atomic mass is 16.7. The van der Waals surface area contributed by atoms with Gasteiger partial charge in [-0.1, -0.05) is 48.5 Å². The Balaban J connectivity index is 1.08. The Morgan fingerprint density at radius 2 is 1.29 bits per heavy atom. The van der Waals surface area contributed by atoms with Crippen LogP contribution in [0.2, 0.25) is 0 Å². The highest BCUT2D eigenvalue weighted by Gasteiger charge is 2.85. The van der Waals surface area contributed by atoms with E-state index < -0.39 is 98.4 Å². The van der Waals surface area contributed by atoms with E-state index in [4.69, 9.17) is 18.9 Å². The second-order valence-electron chi connectivity index (χ2n) is 20.8. The molecule has 0 bridgehead atoms. The minimum absolute atomic E-state index is 0.0311. The lowest BCUT2D eigenvalue weighted by atomic mass is 9.41. The fourth-order valence-corrected chi connectivity index (χ4v) is 14.5. The molecular formula is C42H72O14. The summed E-state index contributed by atoms with van der Waals surface area (Å²) in [4.78, 5) is 0. The maximum atomic E-state index is 12.5. The molecule has 0 aromatic carbocycles. The topological polar surface area (TPSA) is 239 Å². The van der Waals surface area contributed by atoms with Crippen LogP contribution in [0, 0.1) is 56.7 Å². The fraction of sp³-hybridized carbons (Fsp3) is 1.00. The Labute approximate surface area is 331 Å². The van der Waals surface area contributed by atoms with Crippen molar-refractivity contribution in [2.24, 2.45) is 56.7 Å². The van der Waals surface area contributed by atoms with Crippen LogP contribution in [-0.4, -0.2) is 150 Å². The van der Waals surface area contributed by atoms with E-state index in [2.05, 4.69) is 34.6 Å². The molecular weight excluding hydrogens is 728 g/mol. The third-order valence-corrected chi connectivity index (χ3v) is 17.7. The molecule has 7 fully saturated rings. The maximum absolute atomic E-state index is 12.5. The minimum atomic E-state index is -1.77. The van der Waals surface area contributed by atoms with Crippen LogP contribution >= 0.6 is 0 Å². The molecule has 0 aromatic heterocycles. The first-order valence-corrected chi connectivity index (χ1v) is 21.4. The van der Waals surface area contributed by atoms with Gasteiger partial charge in [0.25, 0.3) is 0 Å². The normalized spacial score (nSPS) is 54.8. The molecule has 7 rings (SSSR count). The van der Waals surface area contributed by atoms with Crippen LogP contribution in [0.1, 0.15) is 106 Å². The van der Waals surface area contributed by atoms with E-state index in [1.54, 1.807) is 0 Å². The van der Waals surface area contributed by atoms with Crippen molar-refractivity contribution in [2.45, 2.75) is 192 Å². The number of hydrogen-bond acceptors (Lipinski definition) is 14. The standard InChI is InChI=1S/C42H72O14/c1-19(2)21(45)9-8-20(3)29-22(46)14-39(6)26-11-10-25-38(4,5)28(12-13-41(25)18-42(26,41)27(47)15-40(29,39)7)55-37-34(52)35(31(49)24(17-44)54-37)56-36-33(51)32(50)30(48)23(16-43)53-36/h19-37,43-52H,8-18H2,1-7H3/t20?,21?,22?,23-,24-,25?,26?,27?,28?,29?,30-,31-,32-,33-,34-,35+,36+,37+,39?,40?,41?,42?/m1/s1. The van der Waals surface area contributed by atoms with E-state index in [0.29, 0.717) is 25.7 Å². The largest absolute Gasteiger partial charge is 0.394 e. The Morgan fingerprint density at radius 3 is 1.91 bits per heavy atom. The average molecular weight is 801 g/mol. The number of aliphatic hydroxyl groups excluding tert-OH is 10. The van der Waals surface area contributed by atoms with E-state index >= 15 is 0 Å². The molecule has 0 radical (unpaired) electrons. The summed E-state index contributed by atoms with van der Waals surface area (Å²) in [7, 11) is 0. The molecule has 0 amide bonds. The Morgan fingerprint density at radius 1 is 0.679 bits per heavy atom. The number of hydrogen-bond donors (Lipinski definition) is 10. The molecule has 2 spiro atoms. The second-order valence-corrected chi connectivity index (χ2v) is 20.8. The Kier molecular flexibility index (Phi) is 11.7. The smallest absolute Gasteiger partial charge is 0.187 e. The van der Waals surface area contributed by atoms with E-state index in [9.17, 15) is 51.1 Å². The van der Waals surface area contributed by atoms with Gasteiger partial charge in [0.2, 0.25) is 0 Å². The summed E-state index contributed by atoms with van der Waals surface area (Å²) in [5.41, 5.74) is -1.23. The van der Waals surface area contributed by atoms with Gasteiger partial charge in [-0.15, -0.1) is 0 Å². The van der Waals surface area contributed by atoms with Crippen molar-refractivity contribution in [3.8, 4) is 0 Å². The molecule has 7 aliphatic rings. The van der Waals surface area contributed by atoms with Crippen LogP contribution in [0.25, 0.3) is 0 Å². The van der Waals surface area contributed by atoms with E-state index in [-0.39, 0.29) is 57.4 Å². The minimum Gasteiger partial charge on any atom is -0.394 e. The highest BCUT2D eigenvalue weighted by molar-refractivity contribution is 5.33. The van der Waals surface area contributed by atoms with Crippen LogP contribution in [0.5, 0.6) is 0 Å². The van der Waals surface area contributed by atoms with Crippen molar-refractivity contribution in [1.82, 2.24) is 0 Å². The van der Waals surface area contributed by atoms with Crippen LogP contribution in [0.15, 0.2) is 0 Å². The van der Waals surface area contributed by atoms with Gasteiger partial charge in [-0.3, -0.25) is 0 Å². The van der Waals surface area contributed by atoms with Gasteiger partial charge in [0.05, 0.1) is 37.6 Å². The first kappa shape index (κ1) is 43.5. The van der Waals surface area contributed by atoms with Crippen molar-refractivity contribution in [1.29, 1.82) is 0 Å². The van der Waals surface area contributed by atoms with Gasteiger partial charge in [0.15, 0.2) is 12.6 Å². The summed E-state index contributed by atoms with van der Waals surface area (Å²) in [6.07, 6.45) is -9.94. The van der Waals surface area contributed by atoms with Crippen LogP contribution in [0.3, 0.4) is 0 Å². The van der Waals surface area contributed by atoms with Crippen molar-refractivity contribution in [3.05, 3.63) is 0 Å². The predicted molar refractivity (Wildman–Crippen MR) is 200 cm³/mol. The lowest BCUT2D eigenvalue weighted by Crippen LogP contribution is -2.65. The molecule has 14 nitrogen and oxygen atoms in total. The van der Waals surface area contributed by atoms with Gasteiger partial charge < -0.3 is 70.0 Å². The molecule has 12 unspecified atom stereocenters. The van der Waals surface area contributed by atoms with E-state index in [1.165, 1.54) is 0 Å². The molecule has 14 heteroatoms. The first-order valence-electron chi connectivity index (χ1n) is 21.4. The summed E-state index contributed by atoms with van der Waals surface area (Å²) in [6, 6.07) is 0. The van der Waals surface area contributed by atoms with Crippen molar-refractivity contribution >= 4 is 0 Å². The number of fused-ring (bicyclic) bond motifs is 2. The summed E-state index contributed by atoms with van der Waals surface area (Å²) >= 11 is 0. The molecule has 0 aromatic rings.